The molecular formula is C18H16N2O3. The van der Waals surface area contributed by atoms with E-state index >= 15 is 0 Å². The number of esters is 1. The van der Waals surface area contributed by atoms with Gasteiger partial charge in [-0.15, -0.1) is 0 Å². The van der Waals surface area contributed by atoms with E-state index in [-0.39, 0.29) is 12.6 Å². The zero-order valence-electron chi connectivity index (χ0n) is 12.8. The number of carbonyl (C=O) groups is 1. The number of carbonyl (C=O) groups excluding carboxylic acids is 1. The minimum absolute atomic E-state index is 0.113. The highest BCUT2D eigenvalue weighted by atomic mass is 16.5. The molecular weight excluding hydrogens is 292 g/mol. The van der Waals surface area contributed by atoms with Gasteiger partial charge in [-0.05, 0) is 37.8 Å². The molecule has 0 fully saturated rings. The first kappa shape index (κ1) is 13.9. The van der Waals surface area contributed by atoms with Crippen molar-refractivity contribution >= 4 is 16.9 Å². The van der Waals surface area contributed by atoms with Crippen LogP contribution < -0.4 is 0 Å². The molecule has 1 aromatic carbocycles. The SMILES string of the molecule is Cc1cc(COC(=O)c2c3c(nc4ccccc24)CCC3)no1. The van der Waals surface area contributed by atoms with Crippen molar-refractivity contribution in [2.75, 3.05) is 0 Å². The summed E-state index contributed by atoms with van der Waals surface area (Å²) in [5, 5.41) is 4.71. The molecule has 3 aromatic rings. The quantitative estimate of drug-likeness (QED) is 0.694. The van der Waals surface area contributed by atoms with Crippen LogP contribution in [0.2, 0.25) is 0 Å². The van der Waals surface area contributed by atoms with Crippen LogP contribution in [0.5, 0.6) is 0 Å². The van der Waals surface area contributed by atoms with Crippen molar-refractivity contribution in [2.24, 2.45) is 0 Å². The second kappa shape index (κ2) is 5.50. The molecule has 1 aliphatic rings. The molecule has 0 unspecified atom stereocenters. The van der Waals surface area contributed by atoms with Crippen LogP contribution in [0, 0.1) is 6.92 Å². The molecule has 2 heterocycles. The number of hydrogen-bond donors (Lipinski definition) is 0. The summed E-state index contributed by atoms with van der Waals surface area (Å²) in [5.74, 6) is 0.383. The second-order valence-electron chi connectivity index (χ2n) is 5.79. The lowest BCUT2D eigenvalue weighted by Gasteiger charge is -2.11. The highest BCUT2D eigenvalue weighted by Crippen LogP contribution is 2.30. The van der Waals surface area contributed by atoms with E-state index in [4.69, 9.17) is 9.26 Å². The molecule has 0 atom stereocenters. The third-order valence-electron chi connectivity index (χ3n) is 4.15. The van der Waals surface area contributed by atoms with Gasteiger partial charge in [0, 0.05) is 17.1 Å². The first-order valence-electron chi connectivity index (χ1n) is 7.72. The Labute approximate surface area is 133 Å². The minimum atomic E-state index is -0.317. The molecule has 116 valence electrons. The molecule has 0 radical (unpaired) electrons. The monoisotopic (exact) mass is 308 g/mol. The number of aromatic nitrogens is 2. The van der Waals surface area contributed by atoms with Crippen LogP contribution in [0.15, 0.2) is 34.9 Å². The molecule has 23 heavy (non-hydrogen) atoms. The van der Waals surface area contributed by atoms with Crippen LogP contribution in [0.1, 0.15) is 39.5 Å². The summed E-state index contributed by atoms with van der Waals surface area (Å²) in [6.07, 6.45) is 2.82. The van der Waals surface area contributed by atoms with Gasteiger partial charge in [0.2, 0.25) is 0 Å². The number of ether oxygens (including phenoxy) is 1. The first-order valence-corrected chi connectivity index (χ1v) is 7.72. The average Bonchev–Trinajstić information content (AvgIpc) is 3.18. The highest BCUT2D eigenvalue weighted by molar-refractivity contribution is 6.05. The second-order valence-corrected chi connectivity index (χ2v) is 5.79. The number of hydrogen-bond acceptors (Lipinski definition) is 5. The fraction of sp³-hybridized carbons (Fsp3) is 0.278. The Hall–Kier alpha value is -2.69. The van der Waals surface area contributed by atoms with Gasteiger partial charge in [0.25, 0.3) is 0 Å². The fourth-order valence-corrected chi connectivity index (χ4v) is 3.14. The van der Waals surface area contributed by atoms with Gasteiger partial charge in [-0.25, -0.2) is 4.79 Å². The van der Waals surface area contributed by atoms with Crippen molar-refractivity contribution in [1.29, 1.82) is 0 Å². The molecule has 1 aliphatic carbocycles. The van der Waals surface area contributed by atoms with Crippen LogP contribution in [-0.4, -0.2) is 16.1 Å². The Morgan fingerprint density at radius 1 is 1.30 bits per heavy atom. The van der Waals surface area contributed by atoms with E-state index in [1.807, 2.05) is 31.2 Å². The fourth-order valence-electron chi connectivity index (χ4n) is 3.14. The predicted octanol–water partition coefficient (Wildman–Crippen LogP) is 3.38. The molecule has 0 saturated carbocycles. The van der Waals surface area contributed by atoms with Gasteiger partial charge in [-0.1, -0.05) is 23.4 Å². The van der Waals surface area contributed by atoms with E-state index in [2.05, 4.69) is 10.1 Å². The summed E-state index contributed by atoms with van der Waals surface area (Å²) in [7, 11) is 0. The van der Waals surface area contributed by atoms with Gasteiger partial charge in [0.1, 0.15) is 18.1 Å². The Morgan fingerprint density at radius 2 is 2.17 bits per heavy atom. The maximum absolute atomic E-state index is 12.7. The van der Waals surface area contributed by atoms with Gasteiger partial charge in [-0.2, -0.15) is 0 Å². The summed E-state index contributed by atoms with van der Waals surface area (Å²) in [4.78, 5) is 17.4. The minimum Gasteiger partial charge on any atom is -0.455 e. The van der Waals surface area contributed by atoms with E-state index in [1.165, 1.54) is 0 Å². The van der Waals surface area contributed by atoms with Crippen LogP contribution in [-0.2, 0) is 24.2 Å². The van der Waals surface area contributed by atoms with Gasteiger partial charge in [-0.3, -0.25) is 4.98 Å². The molecule has 0 aliphatic heterocycles. The Morgan fingerprint density at radius 3 is 3.00 bits per heavy atom. The molecule has 2 aromatic heterocycles. The molecule has 0 N–H and O–H groups in total. The number of pyridine rings is 1. The van der Waals surface area contributed by atoms with E-state index in [0.717, 1.165) is 41.4 Å². The van der Waals surface area contributed by atoms with Gasteiger partial charge >= 0.3 is 5.97 Å². The van der Waals surface area contributed by atoms with Crippen molar-refractivity contribution in [3.05, 3.63) is 58.6 Å². The van der Waals surface area contributed by atoms with Crippen LogP contribution in [0.25, 0.3) is 10.9 Å². The van der Waals surface area contributed by atoms with Crippen molar-refractivity contribution in [2.45, 2.75) is 32.8 Å². The molecule has 0 spiro atoms. The lowest BCUT2D eigenvalue weighted by molar-refractivity contribution is 0.0465. The number of rotatable bonds is 3. The van der Waals surface area contributed by atoms with Crippen molar-refractivity contribution < 1.29 is 14.1 Å². The van der Waals surface area contributed by atoms with Crippen molar-refractivity contribution in [3.63, 3.8) is 0 Å². The number of benzene rings is 1. The molecule has 0 amide bonds. The lowest BCUT2D eigenvalue weighted by atomic mass is 10.0. The maximum atomic E-state index is 12.7. The van der Waals surface area contributed by atoms with Crippen LogP contribution in [0.3, 0.4) is 0 Å². The molecule has 5 heteroatoms. The van der Waals surface area contributed by atoms with Gasteiger partial charge in [0.05, 0.1) is 11.1 Å². The zero-order chi connectivity index (χ0) is 15.8. The molecule has 5 nitrogen and oxygen atoms in total. The maximum Gasteiger partial charge on any atom is 0.339 e. The van der Waals surface area contributed by atoms with Crippen molar-refractivity contribution in [3.8, 4) is 0 Å². The van der Waals surface area contributed by atoms with E-state index in [9.17, 15) is 4.79 Å². The number of nitrogens with zero attached hydrogens (tertiary/aromatic N) is 2. The normalized spacial score (nSPS) is 13.3. The molecule has 0 saturated heterocycles. The van der Waals surface area contributed by atoms with Gasteiger partial charge < -0.3 is 9.26 Å². The predicted molar refractivity (Wildman–Crippen MR) is 84.1 cm³/mol. The summed E-state index contributed by atoms with van der Waals surface area (Å²) in [6, 6.07) is 9.49. The third kappa shape index (κ3) is 2.48. The first-order chi connectivity index (χ1) is 11.2. The largest absolute Gasteiger partial charge is 0.455 e. The van der Waals surface area contributed by atoms with Crippen LogP contribution in [0.4, 0.5) is 0 Å². The summed E-state index contributed by atoms with van der Waals surface area (Å²) < 4.78 is 10.5. The highest BCUT2D eigenvalue weighted by Gasteiger charge is 2.24. The lowest BCUT2D eigenvalue weighted by Crippen LogP contribution is -2.10. The molecule has 0 bridgehead atoms. The smallest absolute Gasteiger partial charge is 0.339 e. The Bertz CT molecular complexity index is 898. The topological polar surface area (TPSA) is 65.2 Å². The zero-order valence-corrected chi connectivity index (χ0v) is 12.8. The number of aryl methyl sites for hydroxylation is 2. The average molecular weight is 308 g/mol. The summed E-state index contributed by atoms with van der Waals surface area (Å²) >= 11 is 0. The van der Waals surface area contributed by atoms with E-state index in [1.54, 1.807) is 6.07 Å². The van der Waals surface area contributed by atoms with Crippen molar-refractivity contribution in [1.82, 2.24) is 10.1 Å². The summed E-state index contributed by atoms with van der Waals surface area (Å²) in [6.45, 7) is 1.92. The van der Waals surface area contributed by atoms with Gasteiger partial charge in [0.15, 0.2) is 0 Å². The van der Waals surface area contributed by atoms with E-state index in [0.29, 0.717) is 17.0 Å². The van der Waals surface area contributed by atoms with E-state index < -0.39 is 0 Å². The molecule has 4 rings (SSSR count). The number of para-hydroxylation sites is 1. The standard InChI is InChI=1S/C18H16N2O3/c1-11-9-12(20-23-11)10-22-18(21)17-13-5-2-3-7-15(13)19-16-8-4-6-14(16)17/h2-3,5,7,9H,4,6,8,10H2,1H3. The third-order valence-corrected chi connectivity index (χ3v) is 4.15. The van der Waals surface area contributed by atoms with Crippen LogP contribution >= 0.6 is 0 Å². The number of fused-ring (bicyclic) bond motifs is 2. The Balaban J connectivity index is 1.71. The Kier molecular flexibility index (Phi) is 3.33. The summed E-state index contributed by atoms with van der Waals surface area (Å²) in [5.41, 5.74) is 4.17.